The summed E-state index contributed by atoms with van der Waals surface area (Å²) in [5, 5.41) is 13.8. The van der Waals surface area contributed by atoms with E-state index in [1.54, 1.807) is 6.08 Å². The van der Waals surface area contributed by atoms with Gasteiger partial charge < -0.3 is 28.8 Å². The highest BCUT2D eigenvalue weighted by Gasteiger charge is 2.23. The van der Waals surface area contributed by atoms with E-state index >= 15 is 0 Å². The molecule has 9 heteroatoms. The molecule has 0 aromatic rings. The molecular formula is C64H117N2O6P. The second-order valence-electron chi connectivity index (χ2n) is 21.7. The highest BCUT2D eigenvalue weighted by molar-refractivity contribution is 7.45. The van der Waals surface area contributed by atoms with Crippen molar-refractivity contribution in [2.24, 2.45) is 0 Å². The Kier molecular flexibility index (Phi) is 52.7. The van der Waals surface area contributed by atoms with Crippen LogP contribution in [0.3, 0.4) is 0 Å². The number of quaternary nitrogens is 1. The number of unbranched alkanes of at least 4 members (excludes halogenated alkanes) is 30. The van der Waals surface area contributed by atoms with Gasteiger partial charge in [0.2, 0.25) is 5.91 Å². The standard InChI is InChI=1S/C64H117N2O6P/c1-6-8-10-12-14-16-18-20-21-22-23-24-25-26-27-28-29-30-31-32-33-34-35-36-37-38-39-40-41-42-43-44-45-46-48-50-52-54-56-58-64(68)65-62(61-72-73(69,70)71-60-59-66(3,4)5)63(67)57-55-53-51-49-47-19-17-15-13-11-9-7-2/h8,10,14,16,20-21,23-24,26-27,47,49,55,57,62-63,67H,6-7,9,11-13,15,17-19,22,25,28-46,48,50-54,56,58-61H2,1-5H3,(H-,65,68,69,70)/b10-8-,16-14-,21-20-,24-23-,27-26-,49-47+,57-55+. The Hall–Kier alpha value is -2.32. The van der Waals surface area contributed by atoms with Crippen molar-refractivity contribution in [3.8, 4) is 0 Å². The molecule has 0 radical (unpaired) electrons. The zero-order chi connectivity index (χ0) is 53.5. The number of aliphatic hydroxyl groups is 1. The highest BCUT2D eigenvalue weighted by atomic mass is 31.2. The predicted octanol–water partition coefficient (Wildman–Crippen LogP) is 18.2. The van der Waals surface area contributed by atoms with Crippen LogP contribution in [-0.2, 0) is 18.4 Å². The molecule has 8 nitrogen and oxygen atoms in total. The number of carbonyl (C=O) groups is 1. The molecule has 0 rings (SSSR count). The summed E-state index contributed by atoms with van der Waals surface area (Å²) in [7, 11) is 1.24. The van der Waals surface area contributed by atoms with E-state index in [4.69, 9.17) is 9.05 Å². The van der Waals surface area contributed by atoms with Crippen LogP contribution in [0.5, 0.6) is 0 Å². The zero-order valence-electron chi connectivity index (χ0n) is 48.3. The fourth-order valence-electron chi connectivity index (χ4n) is 8.61. The number of allylic oxidation sites excluding steroid dienone is 13. The van der Waals surface area contributed by atoms with E-state index in [2.05, 4.69) is 92.1 Å². The van der Waals surface area contributed by atoms with E-state index < -0.39 is 26.6 Å². The average Bonchev–Trinajstić information content (AvgIpc) is 3.35. The summed E-state index contributed by atoms with van der Waals surface area (Å²) in [5.74, 6) is -0.207. The van der Waals surface area contributed by atoms with Crippen LogP contribution in [-0.4, -0.2) is 68.5 Å². The zero-order valence-corrected chi connectivity index (χ0v) is 49.2. The maximum Gasteiger partial charge on any atom is 0.268 e. The number of nitrogens with one attached hydrogen (secondary N) is 1. The molecule has 73 heavy (non-hydrogen) atoms. The summed E-state index contributed by atoms with van der Waals surface area (Å²) in [6.07, 6.45) is 77.0. The first kappa shape index (κ1) is 70.7. The van der Waals surface area contributed by atoms with Gasteiger partial charge in [0.05, 0.1) is 39.9 Å². The van der Waals surface area contributed by atoms with Gasteiger partial charge in [-0.05, 0) is 77.0 Å². The Morgan fingerprint density at radius 3 is 1.27 bits per heavy atom. The number of amides is 1. The van der Waals surface area contributed by atoms with E-state index in [0.29, 0.717) is 17.4 Å². The molecule has 0 saturated heterocycles. The van der Waals surface area contributed by atoms with Gasteiger partial charge in [0, 0.05) is 6.42 Å². The van der Waals surface area contributed by atoms with E-state index in [-0.39, 0.29) is 12.5 Å². The van der Waals surface area contributed by atoms with E-state index in [1.165, 1.54) is 173 Å². The second kappa shape index (κ2) is 54.5. The van der Waals surface area contributed by atoms with Crippen LogP contribution >= 0.6 is 7.82 Å². The van der Waals surface area contributed by atoms with Gasteiger partial charge in [-0.3, -0.25) is 9.36 Å². The largest absolute Gasteiger partial charge is 0.756 e. The SMILES string of the molecule is CC/C=C\C/C=C\C/C=C\C/C=C\C/C=C\CCCCCCCCCCCCCCCCCCCCCCCCCC(=O)NC(COP(=O)([O-])OCC[N+](C)(C)C)C(O)/C=C/CC/C=C/CCCCCCCC. The summed E-state index contributed by atoms with van der Waals surface area (Å²) in [5.41, 5.74) is 0. The van der Waals surface area contributed by atoms with Crippen molar-refractivity contribution >= 4 is 13.7 Å². The number of hydrogen-bond acceptors (Lipinski definition) is 6. The van der Waals surface area contributed by atoms with Crippen LogP contribution in [0.1, 0.15) is 264 Å². The van der Waals surface area contributed by atoms with Crippen molar-refractivity contribution in [3.63, 3.8) is 0 Å². The quantitative estimate of drug-likeness (QED) is 0.0272. The molecule has 0 saturated carbocycles. The summed E-state index contributed by atoms with van der Waals surface area (Å²) < 4.78 is 23.3. The van der Waals surface area contributed by atoms with Gasteiger partial charge >= 0.3 is 0 Å². The first-order valence-corrected chi connectivity index (χ1v) is 31.9. The van der Waals surface area contributed by atoms with Crippen LogP contribution < -0.4 is 10.2 Å². The van der Waals surface area contributed by atoms with Crippen LogP contribution in [0.4, 0.5) is 0 Å². The Morgan fingerprint density at radius 2 is 0.849 bits per heavy atom. The number of likely N-dealkylation sites (N-methyl/N-ethyl adjacent to an activating group) is 1. The van der Waals surface area contributed by atoms with Crippen molar-refractivity contribution in [3.05, 3.63) is 85.1 Å². The number of phosphoric ester groups is 1. The average molecular weight is 1040 g/mol. The van der Waals surface area contributed by atoms with Crippen molar-refractivity contribution in [2.75, 3.05) is 40.9 Å². The molecule has 0 heterocycles. The second-order valence-corrected chi connectivity index (χ2v) is 23.1. The van der Waals surface area contributed by atoms with Crippen LogP contribution in [0.25, 0.3) is 0 Å². The van der Waals surface area contributed by atoms with E-state index in [9.17, 15) is 19.4 Å². The lowest BCUT2D eigenvalue weighted by Crippen LogP contribution is -2.45. The molecule has 1 amide bonds. The normalized spacial score (nSPS) is 14.5. The number of nitrogens with zero attached hydrogens (tertiary/aromatic N) is 1. The number of hydrogen-bond donors (Lipinski definition) is 2. The lowest BCUT2D eigenvalue weighted by Gasteiger charge is -2.29. The predicted molar refractivity (Wildman–Crippen MR) is 316 cm³/mol. The molecule has 0 aromatic carbocycles. The van der Waals surface area contributed by atoms with Gasteiger partial charge in [-0.15, -0.1) is 0 Å². The monoisotopic (exact) mass is 1040 g/mol. The molecule has 3 unspecified atom stereocenters. The molecule has 424 valence electrons. The topological polar surface area (TPSA) is 108 Å². The third kappa shape index (κ3) is 57.2. The van der Waals surface area contributed by atoms with Crippen molar-refractivity contribution < 1.29 is 32.9 Å². The van der Waals surface area contributed by atoms with Gasteiger partial charge in [-0.1, -0.05) is 266 Å². The van der Waals surface area contributed by atoms with Gasteiger partial charge in [0.25, 0.3) is 7.82 Å². The molecule has 0 fully saturated rings. The maximum atomic E-state index is 12.9. The van der Waals surface area contributed by atoms with Gasteiger partial charge in [0.15, 0.2) is 0 Å². The van der Waals surface area contributed by atoms with Gasteiger partial charge in [-0.25, -0.2) is 0 Å². The lowest BCUT2D eigenvalue weighted by atomic mass is 10.0. The van der Waals surface area contributed by atoms with Crippen molar-refractivity contribution in [2.45, 2.75) is 276 Å². The minimum absolute atomic E-state index is 0.00720. The summed E-state index contributed by atoms with van der Waals surface area (Å²) in [6.45, 7) is 4.50. The molecule has 0 aliphatic heterocycles. The minimum Gasteiger partial charge on any atom is -0.756 e. The molecule has 0 spiro atoms. The fourth-order valence-corrected chi connectivity index (χ4v) is 9.33. The molecule has 0 aliphatic carbocycles. The Balaban J connectivity index is 3.91. The summed E-state index contributed by atoms with van der Waals surface area (Å²) >= 11 is 0. The Bertz CT molecular complexity index is 1460. The smallest absolute Gasteiger partial charge is 0.268 e. The van der Waals surface area contributed by atoms with Crippen molar-refractivity contribution in [1.82, 2.24) is 5.32 Å². The molecule has 0 aromatic heterocycles. The molecule has 2 N–H and O–H groups in total. The number of aliphatic hydroxyl groups excluding tert-OH is 1. The molecule has 0 aliphatic rings. The van der Waals surface area contributed by atoms with Gasteiger partial charge in [-0.2, -0.15) is 0 Å². The molecule has 0 bridgehead atoms. The van der Waals surface area contributed by atoms with E-state index in [0.717, 1.165) is 70.6 Å². The first-order chi connectivity index (χ1) is 35.5. The third-order valence-electron chi connectivity index (χ3n) is 13.3. The number of rotatable bonds is 55. The number of phosphoric acid groups is 1. The summed E-state index contributed by atoms with van der Waals surface area (Å²) in [4.78, 5) is 25.4. The Labute approximate surface area is 452 Å². The molecular weight excluding hydrogens is 924 g/mol. The first-order valence-electron chi connectivity index (χ1n) is 30.4. The van der Waals surface area contributed by atoms with Crippen LogP contribution in [0.2, 0.25) is 0 Å². The van der Waals surface area contributed by atoms with Crippen LogP contribution in [0, 0.1) is 0 Å². The highest BCUT2D eigenvalue weighted by Crippen LogP contribution is 2.38. The number of carbonyl (C=O) groups excluding carboxylic acids is 1. The van der Waals surface area contributed by atoms with Crippen LogP contribution in [0.15, 0.2) is 85.1 Å². The van der Waals surface area contributed by atoms with Gasteiger partial charge in [0.1, 0.15) is 13.2 Å². The lowest BCUT2D eigenvalue weighted by molar-refractivity contribution is -0.870. The minimum atomic E-state index is -4.60. The fraction of sp³-hybridized carbons (Fsp3) is 0.766. The maximum absolute atomic E-state index is 12.9. The molecule has 3 atom stereocenters. The van der Waals surface area contributed by atoms with Crippen molar-refractivity contribution in [1.29, 1.82) is 0 Å². The van der Waals surface area contributed by atoms with E-state index in [1.807, 2.05) is 27.2 Å². The Morgan fingerprint density at radius 1 is 0.493 bits per heavy atom. The third-order valence-corrected chi connectivity index (χ3v) is 14.3. The summed E-state index contributed by atoms with van der Waals surface area (Å²) in [6, 6.07) is -0.903.